The number of nitrogens with one attached hydrogen (secondary N) is 1. The van der Waals surface area contributed by atoms with Gasteiger partial charge in [0.25, 0.3) is 0 Å². The molecule has 0 aliphatic rings. The predicted molar refractivity (Wildman–Crippen MR) is 85.5 cm³/mol. The van der Waals surface area contributed by atoms with Gasteiger partial charge in [-0.05, 0) is 29.9 Å². The van der Waals surface area contributed by atoms with Crippen molar-refractivity contribution in [3.63, 3.8) is 0 Å². The van der Waals surface area contributed by atoms with E-state index in [1.165, 1.54) is 5.56 Å². The van der Waals surface area contributed by atoms with Crippen molar-refractivity contribution in [2.75, 3.05) is 6.54 Å². The van der Waals surface area contributed by atoms with E-state index in [-0.39, 0.29) is 6.04 Å². The minimum Gasteiger partial charge on any atom is -0.387 e. The first-order chi connectivity index (χ1) is 9.56. The molecule has 0 aromatic heterocycles. The number of hydrogen-bond acceptors (Lipinski definition) is 2. The molecular weight excluding hydrogens is 246 g/mol. The Morgan fingerprint density at radius 2 is 1.90 bits per heavy atom. The standard InChI is InChI=1S/C18H27NO/c1-5-7-17(6-2)19-13-18(20)16-10-8-15(9-11-16)12-14(3)4/h1,8-11,14,17-20H,6-7,12-13H2,2-4H3. The van der Waals surface area contributed by atoms with Crippen LogP contribution in [-0.4, -0.2) is 17.7 Å². The van der Waals surface area contributed by atoms with Gasteiger partial charge < -0.3 is 10.4 Å². The Morgan fingerprint density at radius 1 is 1.25 bits per heavy atom. The predicted octanol–water partition coefficient (Wildman–Crippen LogP) is 3.31. The third kappa shape index (κ3) is 5.77. The number of rotatable bonds is 8. The number of aliphatic hydroxyl groups is 1. The Kier molecular flexibility index (Phi) is 7.36. The van der Waals surface area contributed by atoms with Crippen LogP contribution in [0.15, 0.2) is 24.3 Å². The van der Waals surface area contributed by atoms with Gasteiger partial charge in [0.05, 0.1) is 6.10 Å². The molecule has 0 saturated heterocycles. The second kappa shape index (κ2) is 8.79. The van der Waals surface area contributed by atoms with Crippen molar-refractivity contribution in [2.45, 2.75) is 52.2 Å². The number of aliphatic hydroxyl groups excluding tert-OH is 1. The van der Waals surface area contributed by atoms with E-state index in [0.717, 1.165) is 18.4 Å². The molecule has 2 unspecified atom stereocenters. The van der Waals surface area contributed by atoms with Gasteiger partial charge in [-0.25, -0.2) is 0 Å². The third-order valence-corrected chi connectivity index (χ3v) is 3.47. The van der Waals surface area contributed by atoms with Crippen LogP contribution in [0.3, 0.4) is 0 Å². The Balaban J connectivity index is 2.51. The average Bonchev–Trinajstić information content (AvgIpc) is 2.43. The fraction of sp³-hybridized carbons (Fsp3) is 0.556. The van der Waals surface area contributed by atoms with Crippen LogP contribution in [0.4, 0.5) is 0 Å². The van der Waals surface area contributed by atoms with Crippen molar-refractivity contribution in [1.82, 2.24) is 5.32 Å². The van der Waals surface area contributed by atoms with Crippen molar-refractivity contribution in [1.29, 1.82) is 0 Å². The lowest BCUT2D eigenvalue weighted by molar-refractivity contribution is 0.169. The first-order valence-electron chi connectivity index (χ1n) is 7.50. The zero-order chi connectivity index (χ0) is 15.0. The molecule has 0 bridgehead atoms. The molecule has 0 aliphatic heterocycles. The minimum absolute atomic E-state index is 0.287. The lowest BCUT2D eigenvalue weighted by atomic mass is 10.00. The molecule has 1 rings (SSSR count). The molecule has 20 heavy (non-hydrogen) atoms. The summed E-state index contributed by atoms with van der Waals surface area (Å²) in [5, 5.41) is 13.5. The molecule has 1 aromatic carbocycles. The highest BCUT2D eigenvalue weighted by Gasteiger charge is 2.10. The van der Waals surface area contributed by atoms with E-state index in [1.54, 1.807) is 0 Å². The normalized spacial score (nSPS) is 14.0. The maximum absolute atomic E-state index is 10.2. The van der Waals surface area contributed by atoms with Gasteiger partial charge in [-0.2, -0.15) is 0 Å². The van der Waals surface area contributed by atoms with Gasteiger partial charge in [0.1, 0.15) is 0 Å². The second-order valence-electron chi connectivity index (χ2n) is 5.78. The topological polar surface area (TPSA) is 32.3 Å². The summed E-state index contributed by atoms with van der Waals surface area (Å²) < 4.78 is 0. The summed E-state index contributed by atoms with van der Waals surface area (Å²) in [5.41, 5.74) is 2.28. The second-order valence-corrected chi connectivity index (χ2v) is 5.78. The fourth-order valence-electron chi connectivity index (χ4n) is 2.25. The van der Waals surface area contributed by atoms with Gasteiger partial charge in [-0.15, -0.1) is 12.3 Å². The molecule has 110 valence electrons. The van der Waals surface area contributed by atoms with Gasteiger partial charge in [0.15, 0.2) is 0 Å². The SMILES string of the molecule is C#CCC(CC)NCC(O)c1ccc(CC(C)C)cc1. The van der Waals surface area contributed by atoms with Crippen LogP contribution < -0.4 is 5.32 Å². The molecule has 0 heterocycles. The Morgan fingerprint density at radius 3 is 2.40 bits per heavy atom. The first kappa shape index (κ1) is 16.8. The highest BCUT2D eigenvalue weighted by atomic mass is 16.3. The maximum atomic E-state index is 10.2. The first-order valence-corrected chi connectivity index (χ1v) is 7.50. The van der Waals surface area contributed by atoms with Crippen LogP contribution in [0.2, 0.25) is 0 Å². The molecule has 2 heteroatoms. The minimum atomic E-state index is -0.477. The van der Waals surface area contributed by atoms with Crippen LogP contribution in [0.5, 0.6) is 0 Å². The summed E-state index contributed by atoms with van der Waals surface area (Å²) in [6, 6.07) is 8.54. The molecule has 0 amide bonds. The Bertz CT molecular complexity index is 416. The van der Waals surface area contributed by atoms with E-state index in [9.17, 15) is 5.11 Å². The number of hydrogen-bond donors (Lipinski definition) is 2. The molecule has 2 N–H and O–H groups in total. The monoisotopic (exact) mass is 273 g/mol. The van der Waals surface area contributed by atoms with Crippen molar-refractivity contribution in [3.8, 4) is 12.3 Å². The smallest absolute Gasteiger partial charge is 0.0914 e. The highest BCUT2D eigenvalue weighted by Crippen LogP contribution is 2.15. The molecule has 1 aromatic rings. The van der Waals surface area contributed by atoms with E-state index in [4.69, 9.17) is 6.42 Å². The summed E-state index contributed by atoms with van der Waals surface area (Å²) in [4.78, 5) is 0. The Hall–Kier alpha value is -1.30. The average molecular weight is 273 g/mol. The fourth-order valence-corrected chi connectivity index (χ4v) is 2.25. The molecule has 0 saturated carbocycles. The van der Waals surface area contributed by atoms with E-state index < -0.39 is 6.10 Å². The largest absolute Gasteiger partial charge is 0.387 e. The molecule has 0 fully saturated rings. The zero-order valence-corrected chi connectivity index (χ0v) is 12.9. The van der Waals surface area contributed by atoms with Gasteiger partial charge in [0, 0.05) is 19.0 Å². The van der Waals surface area contributed by atoms with Crippen molar-refractivity contribution < 1.29 is 5.11 Å². The lowest BCUT2D eigenvalue weighted by Gasteiger charge is -2.18. The van der Waals surface area contributed by atoms with Gasteiger partial charge in [0.2, 0.25) is 0 Å². The summed E-state index contributed by atoms with van der Waals surface area (Å²) in [6.45, 7) is 7.07. The maximum Gasteiger partial charge on any atom is 0.0914 e. The van der Waals surface area contributed by atoms with Gasteiger partial charge in [-0.3, -0.25) is 0 Å². The van der Waals surface area contributed by atoms with Gasteiger partial charge in [-0.1, -0.05) is 45.0 Å². The van der Waals surface area contributed by atoms with Gasteiger partial charge >= 0.3 is 0 Å². The van der Waals surface area contributed by atoms with E-state index in [1.807, 2.05) is 12.1 Å². The van der Waals surface area contributed by atoms with Crippen molar-refractivity contribution >= 4 is 0 Å². The summed E-state index contributed by atoms with van der Waals surface area (Å²) in [7, 11) is 0. The zero-order valence-electron chi connectivity index (χ0n) is 12.9. The van der Waals surface area contributed by atoms with Crippen LogP contribution in [0.25, 0.3) is 0 Å². The third-order valence-electron chi connectivity index (χ3n) is 3.47. The van der Waals surface area contributed by atoms with E-state index in [0.29, 0.717) is 18.9 Å². The van der Waals surface area contributed by atoms with Crippen LogP contribution in [0, 0.1) is 18.3 Å². The Labute approximate surface area is 123 Å². The van der Waals surface area contributed by atoms with Crippen LogP contribution in [0.1, 0.15) is 50.8 Å². The van der Waals surface area contributed by atoms with Crippen molar-refractivity contribution in [3.05, 3.63) is 35.4 Å². The van der Waals surface area contributed by atoms with Crippen LogP contribution in [-0.2, 0) is 6.42 Å². The highest BCUT2D eigenvalue weighted by molar-refractivity contribution is 5.24. The molecule has 2 nitrogen and oxygen atoms in total. The number of terminal acetylenes is 1. The quantitative estimate of drug-likeness (QED) is 0.712. The lowest BCUT2D eigenvalue weighted by Crippen LogP contribution is -2.32. The van der Waals surface area contributed by atoms with E-state index >= 15 is 0 Å². The molecule has 0 spiro atoms. The molecule has 0 radical (unpaired) electrons. The summed E-state index contributed by atoms with van der Waals surface area (Å²) >= 11 is 0. The summed E-state index contributed by atoms with van der Waals surface area (Å²) in [6.07, 6.45) is 7.61. The van der Waals surface area contributed by atoms with Crippen LogP contribution >= 0.6 is 0 Å². The number of benzene rings is 1. The molecule has 0 aliphatic carbocycles. The molecular formula is C18H27NO. The molecule has 2 atom stereocenters. The van der Waals surface area contributed by atoms with E-state index in [2.05, 4.69) is 44.1 Å². The van der Waals surface area contributed by atoms with Crippen molar-refractivity contribution in [2.24, 2.45) is 5.92 Å². The summed E-state index contributed by atoms with van der Waals surface area (Å²) in [5.74, 6) is 3.32.